The second kappa shape index (κ2) is 27.7. The SMILES string of the molecule is CCCCCCCCCCCCCCCCCCCOC(=O)CCC(CCCCC)OCC. The molecule has 0 aromatic heterocycles. The van der Waals surface area contributed by atoms with Crippen molar-refractivity contribution in [3.8, 4) is 0 Å². The van der Waals surface area contributed by atoms with Crippen molar-refractivity contribution >= 4 is 5.97 Å². The third kappa shape index (κ3) is 25.9. The van der Waals surface area contributed by atoms with Crippen LogP contribution >= 0.6 is 0 Å². The van der Waals surface area contributed by atoms with Gasteiger partial charge in [-0.3, -0.25) is 4.79 Å². The Morgan fingerprint density at radius 3 is 1.42 bits per heavy atom. The van der Waals surface area contributed by atoms with E-state index in [0.29, 0.717) is 13.0 Å². The minimum atomic E-state index is -0.0494. The molecule has 0 aromatic rings. The molecule has 3 nitrogen and oxygen atoms in total. The van der Waals surface area contributed by atoms with Gasteiger partial charge in [0.25, 0.3) is 0 Å². The number of carbonyl (C=O) groups is 1. The van der Waals surface area contributed by atoms with Gasteiger partial charge in [-0.25, -0.2) is 0 Å². The second-order valence-corrected chi connectivity index (χ2v) is 9.99. The van der Waals surface area contributed by atoms with Gasteiger partial charge in [-0.15, -0.1) is 0 Å². The Morgan fingerprint density at radius 2 is 0.970 bits per heavy atom. The monoisotopic (exact) mass is 468 g/mol. The Labute approximate surface area is 208 Å². The summed E-state index contributed by atoms with van der Waals surface area (Å²) in [6.07, 6.45) is 29.5. The van der Waals surface area contributed by atoms with E-state index in [1.165, 1.54) is 122 Å². The van der Waals surface area contributed by atoms with Gasteiger partial charge in [-0.05, 0) is 26.2 Å². The Balaban J connectivity index is 3.32. The van der Waals surface area contributed by atoms with E-state index >= 15 is 0 Å². The van der Waals surface area contributed by atoms with Gasteiger partial charge in [0.15, 0.2) is 0 Å². The molecule has 198 valence electrons. The van der Waals surface area contributed by atoms with Gasteiger partial charge in [-0.2, -0.15) is 0 Å². The van der Waals surface area contributed by atoms with Crippen LogP contribution in [0.1, 0.15) is 168 Å². The molecule has 0 aliphatic carbocycles. The quantitative estimate of drug-likeness (QED) is 0.0888. The van der Waals surface area contributed by atoms with Crippen LogP contribution in [0.15, 0.2) is 0 Å². The Kier molecular flexibility index (Phi) is 27.2. The van der Waals surface area contributed by atoms with Crippen LogP contribution in [0.2, 0.25) is 0 Å². The van der Waals surface area contributed by atoms with E-state index in [0.717, 1.165) is 25.9 Å². The van der Waals surface area contributed by atoms with Crippen molar-refractivity contribution in [3.63, 3.8) is 0 Å². The molecular formula is C30H60O3. The molecule has 3 heteroatoms. The topological polar surface area (TPSA) is 35.5 Å². The molecule has 0 heterocycles. The summed E-state index contributed by atoms with van der Waals surface area (Å²) in [4.78, 5) is 12.0. The van der Waals surface area contributed by atoms with Crippen LogP contribution in [-0.4, -0.2) is 25.3 Å². The highest BCUT2D eigenvalue weighted by Crippen LogP contribution is 2.15. The summed E-state index contributed by atoms with van der Waals surface area (Å²) in [5.41, 5.74) is 0. The Bertz CT molecular complexity index is 383. The van der Waals surface area contributed by atoms with Crippen LogP contribution in [0.3, 0.4) is 0 Å². The zero-order chi connectivity index (χ0) is 24.2. The van der Waals surface area contributed by atoms with Gasteiger partial charge in [0.2, 0.25) is 0 Å². The first-order valence-corrected chi connectivity index (χ1v) is 15.0. The fourth-order valence-electron chi connectivity index (χ4n) is 4.53. The minimum Gasteiger partial charge on any atom is -0.466 e. The smallest absolute Gasteiger partial charge is 0.305 e. The first-order chi connectivity index (χ1) is 16.2. The van der Waals surface area contributed by atoms with Gasteiger partial charge < -0.3 is 9.47 Å². The molecule has 0 N–H and O–H groups in total. The highest BCUT2D eigenvalue weighted by Gasteiger charge is 2.12. The number of unbranched alkanes of at least 4 members (excludes halogenated alkanes) is 18. The molecule has 0 saturated carbocycles. The zero-order valence-corrected chi connectivity index (χ0v) is 23.0. The molecule has 0 radical (unpaired) electrons. The average molecular weight is 469 g/mol. The first kappa shape index (κ1) is 32.4. The fraction of sp³-hybridized carbons (Fsp3) is 0.967. The molecule has 0 spiro atoms. The maximum Gasteiger partial charge on any atom is 0.305 e. The summed E-state index contributed by atoms with van der Waals surface area (Å²) in [6, 6.07) is 0. The summed E-state index contributed by atoms with van der Waals surface area (Å²) >= 11 is 0. The molecule has 0 saturated heterocycles. The second-order valence-electron chi connectivity index (χ2n) is 9.99. The van der Waals surface area contributed by atoms with Crippen LogP contribution < -0.4 is 0 Å². The number of carbonyl (C=O) groups excluding carboxylic acids is 1. The van der Waals surface area contributed by atoms with Crippen LogP contribution in [-0.2, 0) is 14.3 Å². The van der Waals surface area contributed by atoms with Crippen LogP contribution in [0.25, 0.3) is 0 Å². The van der Waals surface area contributed by atoms with Crippen molar-refractivity contribution in [1.29, 1.82) is 0 Å². The van der Waals surface area contributed by atoms with Crippen molar-refractivity contribution in [2.24, 2.45) is 0 Å². The number of hydrogen-bond acceptors (Lipinski definition) is 3. The van der Waals surface area contributed by atoms with E-state index in [4.69, 9.17) is 9.47 Å². The standard InChI is InChI=1S/C30H60O3/c1-4-7-9-10-11-12-13-14-15-16-17-18-19-20-21-22-24-28-33-30(31)27-26-29(32-6-3)25-23-8-5-2/h29H,4-28H2,1-3H3. The molecule has 1 atom stereocenters. The molecule has 0 fully saturated rings. The van der Waals surface area contributed by atoms with Crippen molar-refractivity contribution in [1.82, 2.24) is 0 Å². The Morgan fingerprint density at radius 1 is 0.545 bits per heavy atom. The third-order valence-electron chi connectivity index (χ3n) is 6.71. The van der Waals surface area contributed by atoms with Gasteiger partial charge in [-0.1, -0.05) is 136 Å². The minimum absolute atomic E-state index is 0.0494. The molecule has 1 unspecified atom stereocenters. The predicted octanol–water partition coefficient (Wildman–Crippen LogP) is 9.95. The summed E-state index contributed by atoms with van der Waals surface area (Å²) in [7, 11) is 0. The van der Waals surface area contributed by atoms with Crippen LogP contribution in [0.4, 0.5) is 0 Å². The van der Waals surface area contributed by atoms with E-state index in [2.05, 4.69) is 13.8 Å². The first-order valence-electron chi connectivity index (χ1n) is 15.0. The average Bonchev–Trinajstić information content (AvgIpc) is 2.82. The molecule has 33 heavy (non-hydrogen) atoms. The molecule has 0 bridgehead atoms. The lowest BCUT2D eigenvalue weighted by Gasteiger charge is -2.16. The van der Waals surface area contributed by atoms with Crippen molar-refractivity contribution in [2.75, 3.05) is 13.2 Å². The highest BCUT2D eigenvalue weighted by atomic mass is 16.5. The maximum absolute atomic E-state index is 12.0. The highest BCUT2D eigenvalue weighted by molar-refractivity contribution is 5.69. The summed E-state index contributed by atoms with van der Waals surface area (Å²) in [6.45, 7) is 7.85. The number of rotatable bonds is 27. The molecule has 0 amide bonds. The largest absolute Gasteiger partial charge is 0.466 e. The number of esters is 1. The van der Waals surface area contributed by atoms with E-state index in [-0.39, 0.29) is 12.1 Å². The number of ether oxygens (including phenoxy) is 2. The Hall–Kier alpha value is -0.570. The summed E-state index contributed by atoms with van der Waals surface area (Å²) in [5.74, 6) is -0.0494. The van der Waals surface area contributed by atoms with E-state index in [9.17, 15) is 4.79 Å². The van der Waals surface area contributed by atoms with E-state index in [1.54, 1.807) is 0 Å². The molecule has 0 aromatic carbocycles. The maximum atomic E-state index is 12.0. The summed E-state index contributed by atoms with van der Waals surface area (Å²) < 4.78 is 11.2. The lowest BCUT2D eigenvalue weighted by molar-refractivity contribution is -0.144. The van der Waals surface area contributed by atoms with Gasteiger partial charge in [0.05, 0.1) is 12.7 Å². The van der Waals surface area contributed by atoms with Gasteiger partial charge in [0.1, 0.15) is 0 Å². The molecule has 0 aliphatic heterocycles. The van der Waals surface area contributed by atoms with Crippen molar-refractivity contribution < 1.29 is 14.3 Å². The third-order valence-corrected chi connectivity index (χ3v) is 6.71. The van der Waals surface area contributed by atoms with Crippen molar-refractivity contribution in [3.05, 3.63) is 0 Å². The normalized spacial score (nSPS) is 12.2. The molecule has 0 aliphatic rings. The number of hydrogen-bond donors (Lipinski definition) is 0. The van der Waals surface area contributed by atoms with Crippen LogP contribution in [0.5, 0.6) is 0 Å². The molecular weight excluding hydrogens is 408 g/mol. The lowest BCUT2D eigenvalue weighted by Crippen LogP contribution is -2.16. The van der Waals surface area contributed by atoms with Crippen molar-refractivity contribution in [2.45, 2.75) is 175 Å². The fourth-order valence-corrected chi connectivity index (χ4v) is 4.53. The van der Waals surface area contributed by atoms with Crippen LogP contribution in [0, 0.1) is 0 Å². The summed E-state index contributed by atoms with van der Waals surface area (Å²) in [5, 5.41) is 0. The van der Waals surface area contributed by atoms with E-state index < -0.39 is 0 Å². The van der Waals surface area contributed by atoms with Gasteiger partial charge in [0, 0.05) is 13.0 Å². The van der Waals surface area contributed by atoms with Gasteiger partial charge >= 0.3 is 5.97 Å². The lowest BCUT2D eigenvalue weighted by atomic mass is 10.0. The molecule has 0 rings (SSSR count). The van der Waals surface area contributed by atoms with E-state index in [1.807, 2.05) is 6.92 Å². The zero-order valence-electron chi connectivity index (χ0n) is 23.0. The predicted molar refractivity (Wildman–Crippen MR) is 144 cm³/mol.